The Kier molecular flexibility index (Phi) is 4.12. The van der Waals surface area contributed by atoms with Gasteiger partial charge in [0.1, 0.15) is 5.75 Å². The summed E-state index contributed by atoms with van der Waals surface area (Å²) < 4.78 is 5.44. The number of hydrogen-bond donors (Lipinski definition) is 1. The minimum absolute atomic E-state index is 0.175. The minimum Gasteiger partial charge on any atom is -0.496 e. The van der Waals surface area contributed by atoms with Crippen LogP contribution in [0.2, 0.25) is 5.02 Å². The van der Waals surface area contributed by atoms with E-state index in [0.717, 1.165) is 23.7 Å². The molecule has 0 heterocycles. The van der Waals surface area contributed by atoms with Gasteiger partial charge in [0.05, 0.1) is 7.11 Å². The smallest absolute Gasteiger partial charge is 0.122 e. The van der Waals surface area contributed by atoms with Crippen molar-refractivity contribution < 1.29 is 4.74 Å². The van der Waals surface area contributed by atoms with Crippen molar-refractivity contribution in [1.29, 1.82) is 0 Å². The summed E-state index contributed by atoms with van der Waals surface area (Å²) in [6.45, 7) is 7.70. The molecule has 1 fully saturated rings. The largest absolute Gasteiger partial charge is 0.496 e. The van der Waals surface area contributed by atoms with Crippen molar-refractivity contribution in [3.05, 3.63) is 28.8 Å². The Bertz CT molecular complexity index is 447. The van der Waals surface area contributed by atoms with Gasteiger partial charge in [0, 0.05) is 17.1 Å². The highest BCUT2D eigenvalue weighted by atomic mass is 35.5. The number of nitrogens with one attached hydrogen (secondary N) is 1. The Labute approximate surface area is 121 Å². The lowest BCUT2D eigenvalue weighted by Gasteiger charge is -2.25. The van der Waals surface area contributed by atoms with Gasteiger partial charge in [-0.2, -0.15) is 0 Å². The summed E-state index contributed by atoms with van der Waals surface area (Å²) in [5.41, 5.74) is 1.79. The number of methoxy groups -OCH3 is 1. The molecule has 3 heteroatoms. The predicted octanol–water partition coefficient (Wildman–Crippen LogP) is 4.06. The van der Waals surface area contributed by atoms with Crippen LogP contribution in [0.1, 0.15) is 39.2 Å². The van der Waals surface area contributed by atoms with Crippen LogP contribution in [0.15, 0.2) is 18.2 Å². The van der Waals surface area contributed by atoms with Crippen molar-refractivity contribution in [2.24, 2.45) is 5.41 Å². The maximum atomic E-state index is 6.10. The quantitative estimate of drug-likeness (QED) is 0.879. The zero-order chi connectivity index (χ0) is 14.1. The topological polar surface area (TPSA) is 21.3 Å². The fourth-order valence-electron chi connectivity index (χ4n) is 2.33. The van der Waals surface area contributed by atoms with Gasteiger partial charge in [-0.05, 0) is 69.2 Å². The lowest BCUT2D eigenvalue weighted by Crippen LogP contribution is -2.40. The Balaban J connectivity index is 2.06. The molecule has 106 valence electrons. The van der Waals surface area contributed by atoms with E-state index in [-0.39, 0.29) is 5.54 Å². The molecule has 1 aromatic carbocycles. The summed E-state index contributed by atoms with van der Waals surface area (Å²) in [7, 11) is 1.72. The van der Waals surface area contributed by atoms with Crippen molar-refractivity contribution in [3.63, 3.8) is 0 Å². The molecule has 0 bridgehead atoms. The van der Waals surface area contributed by atoms with Crippen molar-refractivity contribution in [3.8, 4) is 5.75 Å². The van der Waals surface area contributed by atoms with Gasteiger partial charge in [-0.15, -0.1) is 0 Å². The van der Waals surface area contributed by atoms with Gasteiger partial charge in [0.2, 0.25) is 0 Å². The lowest BCUT2D eigenvalue weighted by atomic mass is 9.94. The molecule has 0 spiro atoms. The summed E-state index contributed by atoms with van der Waals surface area (Å²) in [5.74, 6) is 0.950. The molecule has 1 saturated carbocycles. The van der Waals surface area contributed by atoms with Crippen LogP contribution in [0.5, 0.6) is 5.75 Å². The van der Waals surface area contributed by atoms with E-state index in [0.29, 0.717) is 5.41 Å². The second kappa shape index (κ2) is 5.34. The molecular formula is C16H24ClNO. The second-order valence-electron chi connectivity index (χ2n) is 6.74. The minimum atomic E-state index is 0.175. The maximum absolute atomic E-state index is 6.10. The highest BCUT2D eigenvalue weighted by Crippen LogP contribution is 2.49. The van der Waals surface area contributed by atoms with Crippen LogP contribution >= 0.6 is 11.6 Å². The number of rotatable bonds is 5. The first-order valence-corrected chi connectivity index (χ1v) is 7.29. The molecule has 1 aliphatic rings. The van der Waals surface area contributed by atoms with Gasteiger partial charge in [-0.25, -0.2) is 0 Å². The lowest BCUT2D eigenvalue weighted by molar-refractivity contribution is 0.350. The molecule has 1 N–H and O–H groups in total. The second-order valence-corrected chi connectivity index (χ2v) is 7.17. The summed E-state index contributed by atoms with van der Waals surface area (Å²) in [5, 5.41) is 4.41. The Morgan fingerprint density at radius 3 is 2.53 bits per heavy atom. The monoisotopic (exact) mass is 281 g/mol. The van der Waals surface area contributed by atoms with Crippen LogP contribution in [-0.2, 0) is 6.42 Å². The fraction of sp³-hybridized carbons (Fsp3) is 0.625. The third kappa shape index (κ3) is 4.12. The van der Waals surface area contributed by atoms with E-state index in [1.165, 1.54) is 18.4 Å². The third-order valence-electron chi connectivity index (χ3n) is 3.76. The van der Waals surface area contributed by atoms with E-state index in [1.54, 1.807) is 7.11 Å². The first-order chi connectivity index (χ1) is 8.84. The first-order valence-electron chi connectivity index (χ1n) is 6.91. The summed E-state index contributed by atoms with van der Waals surface area (Å²) in [4.78, 5) is 0. The molecule has 0 aliphatic heterocycles. The van der Waals surface area contributed by atoms with Crippen LogP contribution in [0.25, 0.3) is 0 Å². The molecule has 19 heavy (non-hydrogen) atoms. The van der Waals surface area contributed by atoms with Crippen molar-refractivity contribution >= 4 is 11.6 Å². The molecule has 1 aliphatic carbocycles. The standard InChI is InChI=1S/C16H24ClNO/c1-15(2,3)18-11-16(7-8-16)10-12-9-13(17)5-6-14(12)19-4/h5-6,9,18H,7-8,10-11H2,1-4H3. The van der Waals surface area contributed by atoms with Crippen LogP contribution in [0.4, 0.5) is 0 Å². The summed E-state index contributed by atoms with van der Waals surface area (Å²) >= 11 is 6.10. The van der Waals surface area contributed by atoms with Crippen LogP contribution < -0.4 is 10.1 Å². The van der Waals surface area contributed by atoms with Gasteiger partial charge < -0.3 is 10.1 Å². The average molecular weight is 282 g/mol. The molecule has 0 atom stereocenters. The van der Waals surface area contributed by atoms with E-state index < -0.39 is 0 Å². The van der Waals surface area contributed by atoms with Crippen molar-refractivity contribution in [1.82, 2.24) is 5.32 Å². The molecular weight excluding hydrogens is 258 g/mol. The highest BCUT2D eigenvalue weighted by molar-refractivity contribution is 6.30. The molecule has 1 aromatic rings. The fourth-order valence-corrected chi connectivity index (χ4v) is 2.53. The molecule has 0 radical (unpaired) electrons. The predicted molar refractivity (Wildman–Crippen MR) is 81.1 cm³/mol. The van der Waals surface area contributed by atoms with Crippen LogP contribution in [0, 0.1) is 5.41 Å². The van der Waals surface area contributed by atoms with Crippen molar-refractivity contribution in [2.45, 2.75) is 45.6 Å². The third-order valence-corrected chi connectivity index (χ3v) is 3.99. The molecule has 0 unspecified atom stereocenters. The van der Waals surface area contributed by atoms with Gasteiger partial charge in [-0.1, -0.05) is 11.6 Å². The maximum Gasteiger partial charge on any atom is 0.122 e. The molecule has 0 saturated heterocycles. The Morgan fingerprint density at radius 2 is 2.00 bits per heavy atom. The normalized spacial score (nSPS) is 17.3. The number of ether oxygens (including phenoxy) is 1. The van der Waals surface area contributed by atoms with Gasteiger partial charge >= 0.3 is 0 Å². The van der Waals surface area contributed by atoms with E-state index in [1.807, 2.05) is 18.2 Å². The van der Waals surface area contributed by atoms with E-state index in [9.17, 15) is 0 Å². The summed E-state index contributed by atoms with van der Waals surface area (Å²) in [6, 6.07) is 5.89. The number of benzene rings is 1. The van der Waals surface area contributed by atoms with Gasteiger partial charge in [-0.3, -0.25) is 0 Å². The van der Waals surface area contributed by atoms with Gasteiger partial charge in [0.15, 0.2) is 0 Å². The molecule has 2 rings (SSSR count). The Morgan fingerprint density at radius 1 is 1.32 bits per heavy atom. The van der Waals surface area contributed by atoms with Crippen LogP contribution in [0.3, 0.4) is 0 Å². The molecule has 0 amide bonds. The zero-order valence-corrected chi connectivity index (χ0v) is 13.1. The number of hydrogen-bond acceptors (Lipinski definition) is 2. The summed E-state index contributed by atoms with van der Waals surface area (Å²) in [6.07, 6.45) is 3.61. The molecule has 0 aromatic heterocycles. The zero-order valence-electron chi connectivity index (χ0n) is 12.3. The van der Waals surface area contributed by atoms with Gasteiger partial charge in [0.25, 0.3) is 0 Å². The van der Waals surface area contributed by atoms with E-state index in [4.69, 9.17) is 16.3 Å². The number of halogens is 1. The first kappa shape index (κ1) is 14.7. The average Bonchev–Trinajstić information content (AvgIpc) is 3.07. The van der Waals surface area contributed by atoms with E-state index >= 15 is 0 Å². The highest BCUT2D eigenvalue weighted by Gasteiger charge is 2.43. The van der Waals surface area contributed by atoms with Crippen molar-refractivity contribution in [2.75, 3.05) is 13.7 Å². The molecule has 2 nitrogen and oxygen atoms in total. The van der Waals surface area contributed by atoms with E-state index in [2.05, 4.69) is 26.1 Å². The van der Waals surface area contributed by atoms with Crippen LogP contribution in [-0.4, -0.2) is 19.2 Å². The SMILES string of the molecule is COc1ccc(Cl)cc1CC1(CNC(C)(C)C)CC1. The Hall–Kier alpha value is -0.730.